The molecule has 1 aliphatic rings. The van der Waals surface area contributed by atoms with Gasteiger partial charge in [-0.2, -0.15) is 0 Å². The molecule has 242 valence electrons. The average molecular weight is 609 g/mol. The molecule has 1 aromatic rings. The van der Waals surface area contributed by atoms with Crippen molar-refractivity contribution in [3.63, 3.8) is 0 Å². The maximum absolute atomic E-state index is 12.7. The van der Waals surface area contributed by atoms with Gasteiger partial charge >= 0.3 is 5.97 Å². The van der Waals surface area contributed by atoms with Crippen LogP contribution in [-0.4, -0.2) is 61.0 Å². The maximum Gasteiger partial charge on any atom is 0.325 e. The van der Waals surface area contributed by atoms with Gasteiger partial charge in [-0.1, -0.05) is 102 Å². The molecule has 44 heavy (non-hydrogen) atoms. The highest BCUT2D eigenvalue weighted by atomic mass is 16.6. The van der Waals surface area contributed by atoms with Crippen LogP contribution in [0.5, 0.6) is 0 Å². The van der Waals surface area contributed by atoms with Gasteiger partial charge in [-0.05, 0) is 51.7 Å². The van der Waals surface area contributed by atoms with Crippen LogP contribution in [0.2, 0.25) is 12.6 Å². The summed E-state index contributed by atoms with van der Waals surface area (Å²) in [5.74, 6) is 1.18. The van der Waals surface area contributed by atoms with Crippen molar-refractivity contribution in [2.45, 2.75) is 93.4 Å². The van der Waals surface area contributed by atoms with Gasteiger partial charge in [0, 0.05) is 5.97 Å². The molecule has 0 unspecified atom stereocenters. The van der Waals surface area contributed by atoms with Gasteiger partial charge in [-0.25, -0.2) is 5.26 Å². The van der Waals surface area contributed by atoms with Crippen LogP contribution in [0.15, 0.2) is 71.5 Å². The lowest BCUT2D eigenvalue weighted by Gasteiger charge is -2.27. The van der Waals surface area contributed by atoms with E-state index in [4.69, 9.17) is 10.00 Å². The van der Waals surface area contributed by atoms with Crippen molar-refractivity contribution in [2.75, 3.05) is 19.6 Å². The first-order valence-corrected chi connectivity index (χ1v) is 15.2. The Labute approximate surface area is 265 Å². The van der Waals surface area contributed by atoms with Gasteiger partial charge in [0.15, 0.2) is 0 Å². The van der Waals surface area contributed by atoms with E-state index >= 15 is 0 Å². The predicted octanol–water partition coefficient (Wildman–Crippen LogP) is 5.89. The third kappa shape index (κ3) is 19.9. The van der Waals surface area contributed by atoms with Crippen molar-refractivity contribution in [3.05, 3.63) is 71.5 Å². The Bertz CT molecular complexity index is 1110. The Morgan fingerprint density at radius 2 is 1.64 bits per heavy atom. The second kappa shape index (κ2) is 24.3. The van der Waals surface area contributed by atoms with Gasteiger partial charge < -0.3 is 20.3 Å². The Hall–Kier alpha value is -4.13. The lowest BCUT2D eigenvalue weighted by molar-refractivity contribution is -0.154. The number of hydrogen-bond donors (Lipinski definition) is 2. The van der Waals surface area contributed by atoms with Crippen LogP contribution in [0.25, 0.3) is 0 Å². The van der Waals surface area contributed by atoms with Gasteiger partial charge in [0.1, 0.15) is 18.7 Å². The third-order valence-corrected chi connectivity index (χ3v) is 5.87. The van der Waals surface area contributed by atoms with E-state index in [0.717, 1.165) is 17.6 Å². The quantitative estimate of drug-likeness (QED) is 0.194. The molecule has 0 fully saturated rings. The van der Waals surface area contributed by atoms with E-state index in [0.29, 0.717) is 24.3 Å². The second-order valence-corrected chi connectivity index (χ2v) is 10.9. The smallest absolute Gasteiger partial charge is 0.325 e. The van der Waals surface area contributed by atoms with Crippen molar-refractivity contribution >= 4 is 30.9 Å². The Kier molecular flexibility index (Phi) is 23.2. The van der Waals surface area contributed by atoms with Crippen LogP contribution < -0.4 is 10.6 Å². The van der Waals surface area contributed by atoms with E-state index < -0.39 is 23.4 Å². The summed E-state index contributed by atoms with van der Waals surface area (Å²) in [5, 5.41) is 13.1. The highest BCUT2D eigenvalue weighted by Crippen LogP contribution is 2.26. The van der Waals surface area contributed by atoms with E-state index in [1.54, 1.807) is 20.8 Å². The molecule has 0 aromatic heterocycles. The molecule has 10 heteroatoms. The van der Waals surface area contributed by atoms with E-state index in [9.17, 15) is 19.2 Å². The number of rotatable bonds is 10. The van der Waals surface area contributed by atoms with E-state index in [2.05, 4.69) is 16.6 Å². The van der Waals surface area contributed by atoms with Gasteiger partial charge in [0.25, 0.3) is 6.71 Å². The minimum Gasteiger partial charge on any atom is -0.459 e. The topological polar surface area (TPSA) is 129 Å². The summed E-state index contributed by atoms with van der Waals surface area (Å²) in [7, 11) is 0. The van der Waals surface area contributed by atoms with E-state index in [-0.39, 0.29) is 26.3 Å². The van der Waals surface area contributed by atoms with Crippen LogP contribution in [-0.2, 0) is 23.9 Å². The highest BCUT2D eigenvalue weighted by Gasteiger charge is 2.25. The minimum absolute atomic E-state index is 0.208. The summed E-state index contributed by atoms with van der Waals surface area (Å²) in [6.07, 6.45) is 7.72. The molecule has 0 aliphatic heterocycles. The Morgan fingerprint density at radius 1 is 1.09 bits per heavy atom. The molecule has 9 nitrogen and oxygen atoms in total. The molecule has 2 N–H and O–H groups in total. The zero-order valence-corrected chi connectivity index (χ0v) is 28.4. The molecule has 0 saturated heterocycles. The van der Waals surface area contributed by atoms with Gasteiger partial charge in [0.05, 0.1) is 12.2 Å². The minimum atomic E-state index is -0.653. The SMILES string of the molecule is CB(C#N)C(C)C.CC.CCC1=C(N(CC(=O)NCC(=O)OC(C)(C)C)C(=O)CNC=O)C(C)=CCC=C1.c1ccccc1. The molecule has 3 amide bonds. The molecule has 0 bridgehead atoms. The summed E-state index contributed by atoms with van der Waals surface area (Å²) >= 11 is 0. The first kappa shape index (κ1) is 42.0. The second-order valence-electron chi connectivity index (χ2n) is 10.9. The van der Waals surface area contributed by atoms with Crippen LogP contribution in [0, 0.1) is 11.2 Å². The number of benzene rings is 1. The monoisotopic (exact) mass is 608 g/mol. The van der Waals surface area contributed by atoms with E-state index in [1.807, 2.05) is 103 Å². The molecule has 1 aliphatic carbocycles. The number of nitriles is 1. The summed E-state index contributed by atoms with van der Waals surface area (Å²) < 4.78 is 5.17. The fraction of sp³-hybridized carbons (Fsp3) is 0.500. The molecule has 2 rings (SSSR count). The summed E-state index contributed by atoms with van der Waals surface area (Å²) in [6, 6.07) is 12.0. The molecular weight excluding hydrogens is 555 g/mol. The predicted molar refractivity (Wildman–Crippen MR) is 180 cm³/mol. The zero-order chi connectivity index (χ0) is 34.1. The molecule has 0 spiro atoms. The normalized spacial score (nSPS) is 11.7. The van der Waals surface area contributed by atoms with Crippen molar-refractivity contribution in [3.8, 4) is 5.97 Å². The number of esters is 1. The van der Waals surface area contributed by atoms with Crippen molar-refractivity contribution in [1.29, 1.82) is 5.26 Å². The lowest BCUT2D eigenvalue weighted by atomic mass is 9.46. The fourth-order valence-corrected chi connectivity index (χ4v) is 3.35. The van der Waals surface area contributed by atoms with Gasteiger partial charge in [0.2, 0.25) is 18.2 Å². The van der Waals surface area contributed by atoms with Crippen LogP contribution >= 0.6 is 0 Å². The number of carbonyl (C=O) groups is 4. The first-order chi connectivity index (χ1) is 20.8. The molecule has 0 atom stereocenters. The lowest BCUT2D eigenvalue weighted by Crippen LogP contribution is -2.45. The van der Waals surface area contributed by atoms with Gasteiger partial charge in [-0.15, -0.1) is 0 Å². The number of amides is 3. The largest absolute Gasteiger partial charge is 0.459 e. The Balaban J connectivity index is 0. The zero-order valence-electron chi connectivity index (χ0n) is 28.4. The van der Waals surface area contributed by atoms with Crippen molar-refractivity contribution in [2.24, 2.45) is 0 Å². The summed E-state index contributed by atoms with van der Waals surface area (Å²) in [4.78, 5) is 49.0. The first-order valence-electron chi connectivity index (χ1n) is 15.2. The molecule has 0 heterocycles. The number of hydrogen-bond acceptors (Lipinski definition) is 6. The summed E-state index contributed by atoms with van der Waals surface area (Å²) in [6.45, 7) is 18.5. The van der Waals surface area contributed by atoms with Gasteiger partial charge in [-0.3, -0.25) is 19.2 Å². The van der Waals surface area contributed by atoms with Crippen molar-refractivity contribution in [1.82, 2.24) is 15.5 Å². The number of ether oxygens (including phenoxy) is 1. The number of carbonyl (C=O) groups excluding carboxylic acids is 4. The fourth-order valence-electron chi connectivity index (χ4n) is 3.35. The maximum atomic E-state index is 12.7. The Morgan fingerprint density at radius 3 is 2.05 bits per heavy atom. The van der Waals surface area contributed by atoms with Crippen LogP contribution in [0.1, 0.15) is 75.2 Å². The molecule has 1 aromatic carbocycles. The highest BCUT2D eigenvalue weighted by molar-refractivity contribution is 6.66. The number of nitrogens with zero attached hydrogens (tertiary/aromatic N) is 2. The molecular formula is C34H53BN4O5. The molecule has 0 saturated carbocycles. The van der Waals surface area contributed by atoms with Crippen LogP contribution in [0.3, 0.4) is 0 Å². The third-order valence-electron chi connectivity index (χ3n) is 5.87. The number of nitrogens with one attached hydrogen (secondary N) is 2. The number of allylic oxidation sites excluding steroid dienone is 5. The average Bonchev–Trinajstić information content (AvgIpc) is 3.19. The standard InChI is InChI=1S/C21H31N3O5.C6H6.C5H10BN.C2H6/c1-6-16-10-8-7-9-15(2)20(16)24(18(27)11-22-14-25)13-17(26)23-12-19(28)29-21(3,4)5;1-2-4-6-5-3-1;1-5(2)6(3)4-7;1-2/h8-10,14H,6-7,11-13H2,1-5H3,(H,22,25)(H,23,26);1-6H;5H,1-3H3;1-2H3. The molecule has 0 radical (unpaired) electrons. The van der Waals surface area contributed by atoms with Crippen LogP contribution in [0.4, 0.5) is 0 Å². The summed E-state index contributed by atoms with van der Waals surface area (Å²) in [5.41, 5.74) is 1.77. The van der Waals surface area contributed by atoms with E-state index in [1.165, 1.54) is 4.90 Å². The van der Waals surface area contributed by atoms with Crippen molar-refractivity contribution < 1.29 is 23.9 Å².